The fourth-order valence-electron chi connectivity index (χ4n) is 2.02. The van der Waals surface area contributed by atoms with E-state index in [1.165, 1.54) is 12.1 Å². The average Bonchev–Trinajstić information content (AvgIpc) is 2.46. The third kappa shape index (κ3) is 4.09. The molecule has 0 aliphatic rings. The van der Waals surface area contributed by atoms with E-state index in [1.54, 1.807) is 12.1 Å². The quantitative estimate of drug-likeness (QED) is 0.441. The van der Waals surface area contributed by atoms with Crippen molar-refractivity contribution in [2.75, 3.05) is 0 Å². The van der Waals surface area contributed by atoms with Crippen molar-refractivity contribution in [1.29, 1.82) is 0 Å². The number of ether oxygens (including phenoxy) is 1. The van der Waals surface area contributed by atoms with Gasteiger partial charge in [0.2, 0.25) is 0 Å². The van der Waals surface area contributed by atoms with Gasteiger partial charge < -0.3 is 4.74 Å². The van der Waals surface area contributed by atoms with Gasteiger partial charge in [-0.15, -0.1) is 0 Å². The van der Waals surface area contributed by atoms with Gasteiger partial charge in [-0.05, 0) is 41.8 Å². The van der Waals surface area contributed by atoms with Gasteiger partial charge in [0, 0.05) is 0 Å². The normalized spacial score (nSPS) is 11.6. The molecule has 0 atom stereocenters. The maximum absolute atomic E-state index is 13.2. The Hall–Kier alpha value is -2.37. The Morgan fingerprint density at radius 3 is 2.17 bits per heavy atom. The number of carbonyl (C=O) groups is 1. The lowest BCUT2D eigenvalue weighted by Gasteiger charge is -2.12. The molecule has 0 bridgehead atoms. The first kappa shape index (κ1) is 17.0. The Morgan fingerprint density at radius 2 is 1.65 bits per heavy atom. The van der Waals surface area contributed by atoms with Crippen LogP contribution in [0.2, 0.25) is 0 Å². The fraction of sp³-hybridized carbons (Fsp3) is 0.235. The molecular formula is C17H14F4O2. The highest BCUT2D eigenvalue weighted by Gasteiger charge is 2.36. The second-order valence-corrected chi connectivity index (χ2v) is 5.30. The molecule has 0 aliphatic carbocycles. The molecule has 0 amide bonds. The van der Waals surface area contributed by atoms with E-state index in [0.717, 1.165) is 5.56 Å². The van der Waals surface area contributed by atoms with E-state index < -0.39 is 29.1 Å². The van der Waals surface area contributed by atoms with Crippen LogP contribution in [0, 0.1) is 5.82 Å². The standard InChI is InChI=1S/C17H14F4O2/c1-10(2)11-3-6-13(7-4-11)23-16(22)14-9-12(18)5-8-15(14)17(19,20)21/h3-10H,1-2H3. The highest BCUT2D eigenvalue weighted by molar-refractivity contribution is 5.92. The first-order valence-corrected chi connectivity index (χ1v) is 6.87. The van der Waals surface area contributed by atoms with Gasteiger partial charge in [0.15, 0.2) is 0 Å². The maximum Gasteiger partial charge on any atom is 0.417 e. The van der Waals surface area contributed by atoms with Crippen molar-refractivity contribution in [2.24, 2.45) is 0 Å². The summed E-state index contributed by atoms with van der Waals surface area (Å²) in [5, 5.41) is 0. The maximum atomic E-state index is 13.2. The average molecular weight is 326 g/mol. The monoisotopic (exact) mass is 326 g/mol. The molecule has 6 heteroatoms. The van der Waals surface area contributed by atoms with Crippen molar-refractivity contribution in [1.82, 2.24) is 0 Å². The van der Waals surface area contributed by atoms with Gasteiger partial charge in [0.25, 0.3) is 0 Å². The molecule has 2 aromatic rings. The third-order valence-electron chi connectivity index (χ3n) is 3.26. The first-order chi connectivity index (χ1) is 10.7. The summed E-state index contributed by atoms with van der Waals surface area (Å²) in [5.41, 5.74) is -1.10. The summed E-state index contributed by atoms with van der Waals surface area (Å²) < 4.78 is 56.8. The molecule has 0 saturated heterocycles. The number of esters is 1. The number of halogens is 4. The molecule has 2 nitrogen and oxygen atoms in total. The molecular weight excluding hydrogens is 312 g/mol. The molecule has 0 radical (unpaired) electrons. The zero-order chi connectivity index (χ0) is 17.2. The van der Waals surface area contributed by atoms with Gasteiger partial charge in [-0.3, -0.25) is 0 Å². The number of rotatable bonds is 3. The molecule has 0 spiro atoms. The minimum atomic E-state index is -4.77. The second kappa shape index (κ2) is 6.40. The molecule has 0 aliphatic heterocycles. The van der Waals surface area contributed by atoms with Gasteiger partial charge in [-0.2, -0.15) is 13.2 Å². The van der Waals surface area contributed by atoms with E-state index in [4.69, 9.17) is 4.74 Å². The topological polar surface area (TPSA) is 26.3 Å². The molecule has 0 saturated carbocycles. The van der Waals surface area contributed by atoms with Crippen LogP contribution in [0.1, 0.15) is 41.3 Å². The minimum absolute atomic E-state index is 0.0942. The van der Waals surface area contributed by atoms with Crippen LogP contribution in [0.3, 0.4) is 0 Å². The summed E-state index contributed by atoms with van der Waals surface area (Å²) in [6.07, 6.45) is -4.77. The van der Waals surface area contributed by atoms with E-state index in [9.17, 15) is 22.4 Å². The molecule has 0 heterocycles. The summed E-state index contributed by atoms with van der Waals surface area (Å²) in [7, 11) is 0. The molecule has 23 heavy (non-hydrogen) atoms. The van der Waals surface area contributed by atoms with Crippen molar-refractivity contribution in [2.45, 2.75) is 25.9 Å². The van der Waals surface area contributed by atoms with Crippen LogP contribution in [0.4, 0.5) is 17.6 Å². The smallest absolute Gasteiger partial charge is 0.417 e. The molecule has 0 fully saturated rings. The van der Waals surface area contributed by atoms with Gasteiger partial charge in [0.1, 0.15) is 11.6 Å². The highest BCUT2D eigenvalue weighted by Crippen LogP contribution is 2.33. The highest BCUT2D eigenvalue weighted by atomic mass is 19.4. The van der Waals surface area contributed by atoms with E-state index in [1.807, 2.05) is 13.8 Å². The van der Waals surface area contributed by atoms with Crippen LogP contribution in [-0.4, -0.2) is 5.97 Å². The number of benzene rings is 2. The summed E-state index contributed by atoms with van der Waals surface area (Å²) >= 11 is 0. The zero-order valence-electron chi connectivity index (χ0n) is 12.4. The third-order valence-corrected chi connectivity index (χ3v) is 3.26. The largest absolute Gasteiger partial charge is 0.423 e. The number of alkyl halides is 3. The van der Waals surface area contributed by atoms with Crippen LogP contribution in [0.15, 0.2) is 42.5 Å². The van der Waals surface area contributed by atoms with Gasteiger partial charge in [0.05, 0.1) is 11.1 Å². The Kier molecular flexibility index (Phi) is 4.73. The Morgan fingerprint density at radius 1 is 1.04 bits per heavy atom. The Bertz CT molecular complexity index is 704. The SMILES string of the molecule is CC(C)c1ccc(OC(=O)c2cc(F)ccc2C(F)(F)F)cc1. The van der Waals surface area contributed by atoms with Crippen LogP contribution >= 0.6 is 0 Å². The van der Waals surface area contributed by atoms with Crippen molar-refractivity contribution in [3.05, 3.63) is 65.0 Å². The lowest BCUT2D eigenvalue weighted by atomic mass is 10.0. The second-order valence-electron chi connectivity index (χ2n) is 5.30. The van der Waals surface area contributed by atoms with E-state index in [-0.39, 0.29) is 11.7 Å². The van der Waals surface area contributed by atoms with Crippen LogP contribution in [-0.2, 0) is 6.18 Å². The van der Waals surface area contributed by atoms with E-state index in [0.29, 0.717) is 18.2 Å². The molecule has 2 rings (SSSR count). The molecule has 0 N–H and O–H groups in total. The van der Waals surface area contributed by atoms with Crippen LogP contribution in [0.5, 0.6) is 5.75 Å². The summed E-state index contributed by atoms with van der Waals surface area (Å²) in [4.78, 5) is 12.0. The molecule has 122 valence electrons. The van der Waals surface area contributed by atoms with Crippen molar-refractivity contribution >= 4 is 5.97 Å². The predicted molar refractivity (Wildman–Crippen MR) is 76.9 cm³/mol. The van der Waals surface area contributed by atoms with E-state index >= 15 is 0 Å². The lowest BCUT2D eigenvalue weighted by molar-refractivity contribution is -0.138. The first-order valence-electron chi connectivity index (χ1n) is 6.87. The fourth-order valence-corrected chi connectivity index (χ4v) is 2.02. The summed E-state index contributed by atoms with van der Waals surface area (Å²) in [6, 6.07) is 8.09. The summed E-state index contributed by atoms with van der Waals surface area (Å²) in [6.45, 7) is 3.95. The number of hydrogen-bond acceptors (Lipinski definition) is 2. The predicted octanol–water partition coefficient (Wildman–Crippen LogP) is 5.19. The summed E-state index contributed by atoms with van der Waals surface area (Å²) in [5.74, 6) is -1.84. The van der Waals surface area contributed by atoms with Crippen molar-refractivity contribution in [3.8, 4) is 5.75 Å². The molecule has 2 aromatic carbocycles. The lowest BCUT2D eigenvalue weighted by Crippen LogP contribution is -2.17. The van der Waals surface area contributed by atoms with Gasteiger partial charge in [-0.1, -0.05) is 26.0 Å². The van der Waals surface area contributed by atoms with E-state index in [2.05, 4.69) is 0 Å². The van der Waals surface area contributed by atoms with Crippen molar-refractivity contribution < 1.29 is 27.1 Å². The van der Waals surface area contributed by atoms with Gasteiger partial charge in [-0.25, -0.2) is 9.18 Å². The zero-order valence-corrected chi connectivity index (χ0v) is 12.4. The Balaban J connectivity index is 2.29. The minimum Gasteiger partial charge on any atom is -0.423 e. The number of hydrogen-bond donors (Lipinski definition) is 0. The van der Waals surface area contributed by atoms with Gasteiger partial charge >= 0.3 is 12.1 Å². The van der Waals surface area contributed by atoms with Crippen molar-refractivity contribution in [3.63, 3.8) is 0 Å². The van der Waals surface area contributed by atoms with Crippen LogP contribution < -0.4 is 4.74 Å². The molecule has 0 aromatic heterocycles. The molecule has 0 unspecified atom stereocenters. The number of carbonyl (C=O) groups excluding carboxylic acids is 1. The van der Waals surface area contributed by atoms with Crippen LogP contribution in [0.25, 0.3) is 0 Å². The Labute approximate surface area is 130 Å².